The molecule has 4 aromatic rings. The summed E-state index contributed by atoms with van der Waals surface area (Å²) in [5.41, 5.74) is 2.77. The van der Waals surface area contributed by atoms with Gasteiger partial charge in [0.15, 0.2) is 5.69 Å². The molecule has 0 saturated carbocycles. The van der Waals surface area contributed by atoms with Gasteiger partial charge >= 0.3 is 6.18 Å². The number of aromatic nitrogens is 4. The van der Waals surface area contributed by atoms with Crippen LogP contribution in [0.15, 0.2) is 72.9 Å². The van der Waals surface area contributed by atoms with Crippen LogP contribution in [0.4, 0.5) is 13.2 Å². The Morgan fingerprint density at radius 1 is 1.03 bits per heavy atom. The lowest BCUT2D eigenvalue weighted by Crippen LogP contribution is -2.31. The number of carbonyl (C=O) groups excluding carboxylic acids is 1. The summed E-state index contributed by atoms with van der Waals surface area (Å²) in [7, 11) is 0. The zero-order valence-corrected chi connectivity index (χ0v) is 18.8. The van der Waals surface area contributed by atoms with Crippen molar-refractivity contribution in [2.45, 2.75) is 33.1 Å². The summed E-state index contributed by atoms with van der Waals surface area (Å²) in [5, 5.41) is 11.2. The van der Waals surface area contributed by atoms with Crippen LogP contribution in [0.3, 0.4) is 0 Å². The molecule has 1 amide bonds. The van der Waals surface area contributed by atoms with E-state index in [-0.39, 0.29) is 19.0 Å². The lowest BCUT2D eigenvalue weighted by atomic mass is 10.1. The van der Waals surface area contributed by atoms with Crippen LogP contribution in [0.2, 0.25) is 0 Å². The quantitative estimate of drug-likeness (QED) is 0.415. The first kappa shape index (κ1) is 23.3. The van der Waals surface area contributed by atoms with E-state index in [1.165, 1.54) is 11.6 Å². The Kier molecular flexibility index (Phi) is 6.54. The van der Waals surface area contributed by atoms with Gasteiger partial charge in [-0.1, -0.05) is 55.5 Å². The molecule has 0 fully saturated rings. The minimum atomic E-state index is -4.52. The number of nitrogens with one attached hydrogen (secondary N) is 1. The molecule has 0 aliphatic heterocycles. The molecule has 0 radical (unpaired) electrons. The topological polar surface area (TPSA) is 64.7 Å². The van der Waals surface area contributed by atoms with Crippen molar-refractivity contribution in [3.8, 4) is 16.9 Å². The van der Waals surface area contributed by atoms with Gasteiger partial charge in [0.05, 0.1) is 23.8 Å². The minimum Gasteiger partial charge on any atom is -0.352 e. The number of amides is 1. The normalized spacial score (nSPS) is 12.5. The Bertz CT molecular complexity index is 1260. The summed E-state index contributed by atoms with van der Waals surface area (Å²) in [5.74, 6) is -0.862. The first-order valence-electron chi connectivity index (χ1n) is 10.8. The maximum Gasteiger partial charge on any atom is 0.435 e. The van der Waals surface area contributed by atoms with Crippen molar-refractivity contribution in [2.75, 3.05) is 0 Å². The number of hydrogen-bond acceptors (Lipinski definition) is 3. The van der Waals surface area contributed by atoms with E-state index < -0.39 is 17.8 Å². The van der Waals surface area contributed by atoms with E-state index in [0.29, 0.717) is 5.69 Å². The van der Waals surface area contributed by atoms with Crippen LogP contribution in [-0.2, 0) is 24.1 Å². The number of halogens is 3. The second kappa shape index (κ2) is 9.54. The van der Waals surface area contributed by atoms with E-state index in [9.17, 15) is 18.0 Å². The highest BCUT2D eigenvalue weighted by Crippen LogP contribution is 2.28. The Balaban J connectivity index is 1.50. The average Bonchev–Trinajstić information content (AvgIpc) is 3.42. The first-order valence-corrected chi connectivity index (χ1v) is 10.8. The summed E-state index contributed by atoms with van der Waals surface area (Å²) in [6, 6.07) is 20.3. The van der Waals surface area contributed by atoms with Gasteiger partial charge in [-0.25, -0.2) is 4.68 Å². The van der Waals surface area contributed by atoms with Crippen LogP contribution in [0, 0.1) is 12.8 Å². The van der Waals surface area contributed by atoms with Crippen molar-refractivity contribution in [1.82, 2.24) is 24.9 Å². The van der Waals surface area contributed by atoms with Crippen LogP contribution in [-0.4, -0.2) is 25.5 Å². The van der Waals surface area contributed by atoms with Crippen molar-refractivity contribution < 1.29 is 18.0 Å². The van der Waals surface area contributed by atoms with Gasteiger partial charge in [0.25, 0.3) is 0 Å². The lowest BCUT2D eigenvalue weighted by Gasteiger charge is -2.13. The summed E-state index contributed by atoms with van der Waals surface area (Å²) in [6.07, 6.45) is -2.65. The average molecular weight is 467 g/mol. The van der Waals surface area contributed by atoms with E-state index >= 15 is 0 Å². The van der Waals surface area contributed by atoms with E-state index in [2.05, 4.69) is 10.4 Å². The van der Waals surface area contributed by atoms with Gasteiger partial charge in [-0.05, 0) is 25.1 Å². The molecule has 2 aromatic heterocycles. The van der Waals surface area contributed by atoms with Crippen LogP contribution < -0.4 is 5.32 Å². The molecule has 0 saturated heterocycles. The van der Waals surface area contributed by atoms with Crippen LogP contribution in [0.5, 0.6) is 0 Å². The standard InChI is InChI=1S/C25H24F3N5O/c1-17(15-32-18(2)13-22(30-32)25(26,27)28)24(34)29-14-20-16-33(21-11-7-4-8-12-21)31-23(20)19-9-5-3-6-10-19/h3-13,16-17H,14-15H2,1-2H3,(H,29,34). The number of rotatable bonds is 7. The third-order valence-electron chi connectivity index (χ3n) is 5.48. The highest BCUT2D eigenvalue weighted by Gasteiger charge is 2.34. The van der Waals surface area contributed by atoms with Gasteiger partial charge in [-0.3, -0.25) is 9.48 Å². The molecule has 1 unspecified atom stereocenters. The molecule has 2 heterocycles. The number of carbonyl (C=O) groups is 1. The van der Waals surface area contributed by atoms with E-state index in [1.54, 1.807) is 11.6 Å². The molecular weight excluding hydrogens is 443 g/mol. The fourth-order valence-corrected chi connectivity index (χ4v) is 3.62. The molecule has 1 N–H and O–H groups in total. The molecule has 4 rings (SSSR count). The Hall–Kier alpha value is -3.88. The molecule has 0 spiro atoms. The molecule has 1 atom stereocenters. The Morgan fingerprint density at radius 3 is 2.29 bits per heavy atom. The van der Waals surface area contributed by atoms with Gasteiger partial charge < -0.3 is 5.32 Å². The second-order valence-corrected chi connectivity index (χ2v) is 8.12. The van der Waals surface area contributed by atoms with Crippen LogP contribution >= 0.6 is 0 Å². The largest absolute Gasteiger partial charge is 0.435 e. The summed E-state index contributed by atoms with van der Waals surface area (Å²) in [4.78, 5) is 12.8. The molecule has 34 heavy (non-hydrogen) atoms. The molecule has 0 aliphatic rings. The molecule has 0 aliphatic carbocycles. The van der Waals surface area contributed by atoms with Crippen molar-refractivity contribution >= 4 is 5.91 Å². The third-order valence-corrected chi connectivity index (χ3v) is 5.48. The lowest BCUT2D eigenvalue weighted by molar-refractivity contribution is -0.141. The monoisotopic (exact) mass is 467 g/mol. The number of aryl methyl sites for hydroxylation is 1. The fraction of sp³-hybridized carbons (Fsp3) is 0.240. The fourth-order valence-electron chi connectivity index (χ4n) is 3.62. The summed E-state index contributed by atoms with van der Waals surface area (Å²) < 4.78 is 41.8. The zero-order chi connectivity index (χ0) is 24.3. The van der Waals surface area contributed by atoms with Crippen molar-refractivity contribution in [3.63, 3.8) is 0 Å². The SMILES string of the molecule is Cc1cc(C(F)(F)F)nn1CC(C)C(=O)NCc1cn(-c2ccccc2)nc1-c1ccccc1. The number of nitrogens with zero attached hydrogens (tertiary/aromatic N) is 4. The van der Waals surface area contributed by atoms with E-state index in [4.69, 9.17) is 5.10 Å². The highest BCUT2D eigenvalue weighted by atomic mass is 19.4. The number of benzene rings is 2. The molecule has 9 heteroatoms. The van der Waals surface area contributed by atoms with Gasteiger partial charge in [0.2, 0.25) is 5.91 Å². The van der Waals surface area contributed by atoms with Gasteiger partial charge in [0.1, 0.15) is 0 Å². The van der Waals surface area contributed by atoms with Crippen molar-refractivity contribution in [1.29, 1.82) is 0 Å². The molecular formula is C25H24F3N5O. The zero-order valence-electron chi connectivity index (χ0n) is 18.8. The maximum absolute atomic E-state index is 12.9. The number of alkyl halides is 3. The molecule has 2 aromatic carbocycles. The Morgan fingerprint density at radius 2 is 1.68 bits per heavy atom. The molecule has 176 valence electrons. The highest BCUT2D eigenvalue weighted by molar-refractivity contribution is 5.78. The number of hydrogen-bond donors (Lipinski definition) is 1. The van der Waals surface area contributed by atoms with Crippen molar-refractivity contribution in [3.05, 3.63) is 89.9 Å². The first-order chi connectivity index (χ1) is 16.2. The predicted molar refractivity (Wildman–Crippen MR) is 122 cm³/mol. The molecule has 6 nitrogen and oxygen atoms in total. The van der Waals surface area contributed by atoms with Crippen molar-refractivity contribution in [2.24, 2.45) is 5.92 Å². The predicted octanol–water partition coefficient (Wildman–Crippen LogP) is 5.02. The minimum absolute atomic E-state index is 0.0442. The van der Waals surface area contributed by atoms with E-state index in [1.807, 2.05) is 66.9 Å². The Labute approximate surface area is 195 Å². The smallest absolute Gasteiger partial charge is 0.352 e. The second-order valence-electron chi connectivity index (χ2n) is 8.12. The molecule has 0 bridgehead atoms. The van der Waals surface area contributed by atoms with Crippen LogP contribution in [0.1, 0.15) is 23.9 Å². The van der Waals surface area contributed by atoms with E-state index in [0.717, 1.165) is 28.6 Å². The number of para-hydroxylation sites is 1. The van der Waals surface area contributed by atoms with Gasteiger partial charge in [-0.2, -0.15) is 23.4 Å². The summed E-state index contributed by atoms with van der Waals surface area (Å²) in [6.45, 7) is 3.47. The van der Waals surface area contributed by atoms with Gasteiger partial charge in [-0.15, -0.1) is 0 Å². The van der Waals surface area contributed by atoms with Gasteiger partial charge in [0, 0.05) is 29.6 Å². The third kappa shape index (κ3) is 5.19. The summed E-state index contributed by atoms with van der Waals surface area (Å²) >= 11 is 0. The maximum atomic E-state index is 12.9. The van der Waals surface area contributed by atoms with Crippen LogP contribution in [0.25, 0.3) is 16.9 Å².